The fraction of sp³-hybridized carbons (Fsp3) is 0.294. The molecule has 1 N–H and O–H groups in total. The topological polar surface area (TPSA) is 12.0 Å². The summed E-state index contributed by atoms with van der Waals surface area (Å²) in [7, 11) is 1.98. The van der Waals surface area contributed by atoms with Gasteiger partial charge in [-0.1, -0.05) is 48.6 Å². The SMILES string of the molecule is C=C(Cc1ccc(C)cc1)/C(C)=C(/NC)C1C=C1. The summed E-state index contributed by atoms with van der Waals surface area (Å²) in [5, 5.41) is 3.30. The Morgan fingerprint density at radius 2 is 1.83 bits per heavy atom. The van der Waals surface area contributed by atoms with E-state index in [1.807, 2.05) is 7.05 Å². The predicted molar refractivity (Wildman–Crippen MR) is 78.4 cm³/mol. The van der Waals surface area contributed by atoms with Gasteiger partial charge < -0.3 is 5.32 Å². The summed E-state index contributed by atoms with van der Waals surface area (Å²) < 4.78 is 0. The summed E-state index contributed by atoms with van der Waals surface area (Å²) in [6.45, 7) is 8.49. The van der Waals surface area contributed by atoms with Crippen LogP contribution in [0.4, 0.5) is 0 Å². The third-order valence-corrected chi connectivity index (χ3v) is 3.46. The molecule has 0 bridgehead atoms. The van der Waals surface area contributed by atoms with E-state index in [9.17, 15) is 0 Å². The Morgan fingerprint density at radius 3 is 2.33 bits per heavy atom. The van der Waals surface area contributed by atoms with Crippen LogP contribution in [0.5, 0.6) is 0 Å². The highest BCUT2D eigenvalue weighted by molar-refractivity contribution is 5.42. The first kappa shape index (κ1) is 12.7. The van der Waals surface area contributed by atoms with Crippen LogP contribution in [0, 0.1) is 12.8 Å². The van der Waals surface area contributed by atoms with Crippen molar-refractivity contribution in [3.8, 4) is 0 Å². The molecule has 0 atom stereocenters. The van der Waals surface area contributed by atoms with Crippen LogP contribution in [0.1, 0.15) is 18.1 Å². The highest BCUT2D eigenvalue weighted by atomic mass is 14.8. The van der Waals surface area contributed by atoms with Crippen molar-refractivity contribution in [2.24, 2.45) is 5.92 Å². The van der Waals surface area contributed by atoms with Gasteiger partial charge in [-0.05, 0) is 37.0 Å². The second kappa shape index (κ2) is 5.26. The Hall–Kier alpha value is -1.76. The van der Waals surface area contributed by atoms with Gasteiger partial charge in [0, 0.05) is 18.7 Å². The standard InChI is InChI=1S/C17H21N/c1-12-5-7-15(8-6-12)11-13(2)14(3)17(18-4)16-9-10-16/h5-10,16,18H,2,11H2,1,3-4H3/b17-14+. The highest BCUT2D eigenvalue weighted by Crippen LogP contribution is 2.29. The molecule has 1 heteroatoms. The van der Waals surface area contributed by atoms with Gasteiger partial charge in [-0.2, -0.15) is 0 Å². The van der Waals surface area contributed by atoms with E-state index in [0.29, 0.717) is 5.92 Å². The molecule has 0 amide bonds. The van der Waals surface area contributed by atoms with Crippen molar-refractivity contribution in [1.29, 1.82) is 0 Å². The van der Waals surface area contributed by atoms with Gasteiger partial charge in [0.05, 0.1) is 0 Å². The molecule has 0 radical (unpaired) electrons. The summed E-state index contributed by atoms with van der Waals surface area (Å²) in [5.41, 5.74) is 6.39. The molecule has 0 saturated carbocycles. The normalized spacial score (nSPS) is 15.3. The molecule has 0 aliphatic heterocycles. The molecule has 1 aromatic rings. The fourth-order valence-electron chi connectivity index (χ4n) is 2.13. The van der Waals surface area contributed by atoms with Crippen LogP contribution >= 0.6 is 0 Å². The van der Waals surface area contributed by atoms with E-state index in [-0.39, 0.29) is 0 Å². The molecule has 94 valence electrons. The number of rotatable bonds is 5. The largest absolute Gasteiger partial charge is 0.390 e. The molecular weight excluding hydrogens is 218 g/mol. The lowest BCUT2D eigenvalue weighted by molar-refractivity contribution is 0.861. The fourth-order valence-corrected chi connectivity index (χ4v) is 2.13. The van der Waals surface area contributed by atoms with Gasteiger partial charge in [-0.3, -0.25) is 0 Å². The van der Waals surface area contributed by atoms with E-state index in [2.05, 4.69) is 62.2 Å². The Balaban J connectivity index is 2.09. The van der Waals surface area contributed by atoms with E-state index in [1.165, 1.54) is 28.0 Å². The average Bonchev–Trinajstić information content (AvgIpc) is 3.17. The van der Waals surface area contributed by atoms with Crippen LogP contribution in [0.3, 0.4) is 0 Å². The molecule has 0 unspecified atom stereocenters. The number of aryl methyl sites for hydroxylation is 1. The lowest BCUT2D eigenvalue weighted by atomic mass is 9.97. The zero-order valence-corrected chi connectivity index (χ0v) is 11.5. The quantitative estimate of drug-likeness (QED) is 0.609. The minimum Gasteiger partial charge on any atom is -0.390 e. The van der Waals surface area contributed by atoms with Gasteiger partial charge in [0.1, 0.15) is 0 Å². The lowest BCUT2D eigenvalue weighted by Gasteiger charge is -2.14. The molecule has 0 saturated heterocycles. The van der Waals surface area contributed by atoms with Crippen LogP contribution in [-0.2, 0) is 6.42 Å². The molecule has 0 aromatic heterocycles. The summed E-state index contributed by atoms with van der Waals surface area (Å²) in [6, 6.07) is 8.68. The molecule has 18 heavy (non-hydrogen) atoms. The Kier molecular flexibility index (Phi) is 3.71. The monoisotopic (exact) mass is 239 g/mol. The third-order valence-electron chi connectivity index (χ3n) is 3.46. The zero-order chi connectivity index (χ0) is 13.1. The van der Waals surface area contributed by atoms with Crippen molar-refractivity contribution in [3.63, 3.8) is 0 Å². The molecule has 1 nitrogen and oxygen atoms in total. The van der Waals surface area contributed by atoms with Crippen LogP contribution in [0.2, 0.25) is 0 Å². The van der Waals surface area contributed by atoms with Crippen molar-refractivity contribution < 1.29 is 0 Å². The average molecular weight is 239 g/mol. The number of nitrogens with one attached hydrogen (secondary N) is 1. The van der Waals surface area contributed by atoms with Crippen LogP contribution in [0.15, 0.2) is 59.8 Å². The third kappa shape index (κ3) is 2.92. The van der Waals surface area contributed by atoms with E-state index in [4.69, 9.17) is 0 Å². The molecular formula is C17H21N. The molecule has 1 aliphatic carbocycles. The Labute approximate surface area is 110 Å². The second-order valence-corrected chi connectivity index (χ2v) is 4.97. The van der Waals surface area contributed by atoms with Crippen LogP contribution < -0.4 is 5.32 Å². The van der Waals surface area contributed by atoms with Gasteiger partial charge in [0.25, 0.3) is 0 Å². The highest BCUT2D eigenvalue weighted by Gasteiger charge is 2.18. The van der Waals surface area contributed by atoms with Crippen molar-refractivity contribution in [2.45, 2.75) is 20.3 Å². The maximum Gasteiger partial charge on any atom is 0.0350 e. The first-order chi connectivity index (χ1) is 8.61. The smallest absolute Gasteiger partial charge is 0.0350 e. The van der Waals surface area contributed by atoms with Crippen LogP contribution in [0.25, 0.3) is 0 Å². The summed E-state index contributed by atoms with van der Waals surface area (Å²) >= 11 is 0. The maximum atomic E-state index is 4.23. The van der Waals surface area contributed by atoms with Crippen molar-refractivity contribution >= 4 is 0 Å². The minimum atomic E-state index is 0.504. The number of benzene rings is 1. The number of hydrogen-bond donors (Lipinski definition) is 1. The summed E-state index contributed by atoms with van der Waals surface area (Å²) in [5.74, 6) is 0.504. The van der Waals surface area contributed by atoms with E-state index >= 15 is 0 Å². The minimum absolute atomic E-state index is 0.504. The molecule has 2 rings (SSSR count). The van der Waals surface area contributed by atoms with Crippen molar-refractivity contribution in [3.05, 3.63) is 71.0 Å². The van der Waals surface area contributed by atoms with E-state index < -0.39 is 0 Å². The van der Waals surface area contributed by atoms with Gasteiger partial charge in [-0.15, -0.1) is 0 Å². The summed E-state index contributed by atoms with van der Waals surface area (Å²) in [4.78, 5) is 0. The van der Waals surface area contributed by atoms with Gasteiger partial charge in [0.15, 0.2) is 0 Å². The predicted octanol–water partition coefficient (Wildman–Crippen LogP) is 3.77. The zero-order valence-electron chi connectivity index (χ0n) is 11.5. The van der Waals surface area contributed by atoms with Gasteiger partial charge in [0.2, 0.25) is 0 Å². The summed E-state index contributed by atoms with van der Waals surface area (Å²) in [6.07, 6.45) is 5.33. The number of hydrogen-bond acceptors (Lipinski definition) is 1. The maximum absolute atomic E-state index is 4.23. The van der Waals surface area contributed by atoms with E-state index in [0.717, 1.165) is 6.42 Å². The van der Waals surface area contributed by atoms with Gasteiger partial charge >= 0.3 is 0 Å². The molecule has 1 aliphatic rings. The van der Waals surface area contributed by atoms with Crippen molar-refractivity contribution in [2.75, 3.05) is 7.05 Å². The van der Waals surface area contributed by atoms with Gasteiger partial charge in [-0.25, -0.2) is 0 Å². The molecule has 0 heterocycles. The Morgan fingerprint density at radius 1 is 1.22 bits per heavy atom. The van der Waals surface area contributed by atoms with Crippen LogP contribution in [-0.4, -0.2) is 7.05 Å². The van der Waals surface area contributed by atoms with E-state index in [1.54, 1.807) is 0 Å². The second-order valence-electron chi connectivity index (χ2n) is 4.97. The molecule has 1 aromatic carbocycles. The lowest BCUT2D eigenvalue weighted by Crippen LogP contribution is -2.12. The molecule has 0 spiro atoms. The first-order valence-electron chi connectivity index (χ1n) is 6.42. The molecule has 0 fully saturated rings. The van der Waals surface area contributed by atoms with Crippen molar-refractivity contribution in [1.82, 2.24) is 5.32 Å². The number of allylic oxidation sites excluding steroid dienone is 3. The first-order valence-corrected chi connectivity index (χ1v) is 6.42. The Bertz CT molecular complexity index is 497.